The Bertz CT molecular complexity index is 790. The minimum Gasteiger partial charge on any atom is -0.504 e. The van der Waals surface area contributed by atoms with Crippen LogP contribution in [0.2, 0.25) is 0 Å². The summed E-state index contributed by atoms with van der Waals surface area (Å²) in [5.74, 6) is -2.43. The summed E-state index contributed by atoms with van der Waals surface area (Å²) in [5, 5.41) is 12.4. The Labute approximate surface area is 131 Å². The average molecular weight is 318 g/mol. The van der Waals surface area contributed by atoms with Gasteiger partial charge in [0, 0.05) is 12.5 Å². The van der Waals surface area contributed by atoms with E-state index in [9.17, 15) is 19.1 Å². The van der Waals surface area contributed by atoms with Gasteiger partial charge in [0.2, 0.25) is 5.91 Å². The van der Waals surface area contributed by atoms with Crippen molar-refractivity contribution in [1.29, 1.82) is 0 Å². The number of hydrogen-bond donors (Lipinski definition) is 2. The van der Waals surface area contributed by atoms with Crippen LogP contribution in [0.1, 0.15) is 23.0 Å². The number of amides is 1. The average Bonchev–Trinajstić information content (AvgIpc) is 2.48. The van der Waals surface area contributed by atoms with Crippen molar-refractivity contribution in [3.63, 3.8) is 0 Å². The Morgan fingerprint density at radius 1 is 1.30 bits per heavy atom. The number of ether oxygens (including phenoxy) is 1. The number of benzene rings is 1. The number of aromatic nitrogens is 1. The highest BCUT2D eigenvalue weighted by atomic mass is 19.1. The quantitative estimate of drug-likeness (QED) is 0.849. The minimum absolute atomic E-state index is 0.0529. The van der Waals surface area contributed by atoms with E-state index < -0.39 is 29.1 Å². The van der Waals surface area contributed by atoms with Gasteiger partial charge in [-0.3, -0.25) is 4.79 Å². The Kier molecular flexibility index (Phi) is 4.59. The summed E-state index contributed by atoms with van der Waals surface area (Å²) in [6.07, 6.45) is 0. The van der Waals surface area contributed by atoms with Crippen LogP contribution < -0.4 is 5.32 Å². The zero-order valence-corrected chi connectivity index (χ0v) is 12.8. The van der Waals surface area contributed by atoms with Gasteiger partial charge in [-0.2, -0.15) is 0 Å². The molecule has 1 amide bonds. The summed E-state index contributed by atoms with van der Waals surface area (Å²) in [6, 6.07) is 5.79. The van der Waals surface area contributed by atoms with Crippen LogP contribution in [-0.2, 0) is 9.53 Å². The molecule has 1 aromatic heterocycles. The Morgan fingerprint density at radius 3 is 2.57 bits per heavy atom. The molecule has 1 heterocycles. The summed E-state index contributed by atoms with van der Waals surface area (Å²) in [7, 11) is 1.13. The normalized spacial score (nSPS) is 10.3. The van der Waals surface area contributed by atoms with Crippen molar-refractivity contribution >= 4 is 17.6 Å². The fourth-order valence-corrected chi connectivity index (χ4v) is 2.03. The minimum atomic E-state index is -0.900. The maximum Gasteiger partial charge on any atom is 0.360 e. The number of halogens is 1. The number of esters is 1. The fourth-order valence-electron chi connectivity index (χ4n) is 2.03. The highest BCUT2D eigenvalue weighted by Crippen LogP contribution is 2.33. The molecule has 0 saturated carbocycles. The molecular weight excluding hydrogens is 303 g/mol. The molecule has 0 fully saturated rings. The standard InChI is InChI=1S/C16H15FN2O4/c1-8-4-5-10(11(17)6-8)12-7-13(18-9(2)20)15(21)14(19-12)16(22)23-3/h4-7,21H,1-3H3,(H,18,19,20). The van der Waals surface area contributed by atoms with Gasteiger partial charge in [0.1, 0.15) is 5.82 Å². The first-order valence-corrected chi connectivity index (χ1v) is 6.70. The van der Waals surface area contributed by atoms with Gasteiger partial charge in [0.25, 0.3) is 0 Å². The SMILES string of the molecule is COC(=O)c1nc(-c2ccc(C)cc2F)cc(NC(C)=O)c1O. The van der Waals surface area contributed by atoms with Crippen molar-refractivity contribution in [3.8, 4) is 17.0 Å². The van der Waals surface area contributed by atoms with Crippen LogP contribution in [0.3, 0.4) is 0 Å². The summed E-state index contributed by atoms with van der Waals surface area (Å²) in [6.45, 7) is 2.98. The molecule has 0 unspecified atom stereocenters. The lowest BCUT2D eigenvalue weighted by Crippen LogP contribution is -2.11. The molecule has 7 heteroatoms. The van der Waals surface area contributed by atoms with E-state index in [1.165, 1.54) is 25.1 Å². The van der Waals surface area contributed by atoms with Gasteiger partial charge in [0.15, 0.2) is 11.4 Å². The van der Waals surface area contributed by atoms with E-state index in [1.54, 1.807) is 13.0 Å². The van der Waals surface area contributed by atoms with E-state index in [4.69, 9.17) is 0 Å². The van der Waals surface area contributed by atoms with Crippen LogP contribution in [0.4, 0.5) is 10.1 Å². The van der Waals surface area contributed by atoms with Crippen LogP contribution in [0, 0.1) is 12.7 Å². The van der Waals surface area contributed by atoms with E-state index in [2.05, 4.69) is 15.0 Å². The van der Waals surface area contributed by atoms with Gasteiger partial charge in [-0.15, -0.1) is 0 Å². The smallest absolute Gasteiger partial charge is 0.360 e. The number of aryl methyl sites for hydroxylation is 1. The molecule has 0 aliphatic heterocycles. The molecule has 6 nitrogen and oxygen atoms in total. The van der Waals surface area contributed by atoms with Gasteiger partial charge in [0.05, 0.1) is 18.5 Å². The molecule has 120 valence electrons. The fraction of sp³-hybridized carbons (Fsp3) is 0.188. The number of hydrogen-bond acceptors (Lipinski definition) is 5. The Hall–Kier alpha value is -2.96. The van der Waals surface area contributed by atoms with Crippen LogP contribution in [0.15, 0.2) is 24.3 Å². The molecule has 0 aliphatic carbocycles. The highest BCUT2D eigenvalue weighted by Gasteiger charge is 2.21. The third-order valence-electron chi connectivity index (χ3n) is 3.08. The summed E-state index contributed by atoms with van der Waals surface area (Å²) in [4.78, 5) is 26.9. The van der Waals surface area contributed by atoms with Crippen molar-refractivity contribution in [3.05, 3.63) is 41.3 Å². The summed E-state index contributed by atoms with van der Waals surface area (Å²) >= 11 is 0. The number of pyridine rings is 1. The lowest BCUT2D eigenvalue weighted by atomic mass is 10.1. The first-order chi connectivity index (χ1) is 10.8. The van der Waals surface area contributed by atoms with E-state index in [0.29, 0.717) is 0 Å². The number of carbonyl (C=O) groups excluding carboxylic acids is 2. The first-order valence-electron chi connectivity index (χ1n) is 6.70. The predicted molar refractivity (Wildman–Crippen MR) is 81.7 cm³/mol. The van der Waals surface area contributed by atoms with E-state index in [0.717, 1.165) is 12.7 Å². The number of anilines is 1. The largest absolute Gasteiger partial charge is 0.504 e. The van der Waals surface area contributed by atoms with Crippen LogP contribution in [-0.4, -0.2) is 29.1 Å². The molecule has 1 aromatic carbocycles. The highest BCUT2D eigenvalue weighted by molar-refractivity contribution is 5.97. The summed E-state index contributed by atoms with van der Waals surface area (Å²) in [5.41, 5.74) is 0.480. The second-order valence-corrected chi connectivity index (χ2v) is 4.91. The topological polar surface area (TPSA) is 88.5 Å². The molecule has 0 bridgehead atoms. The van der Waals surface area contributed by atoms with Gasteiger partial charge < -0.3 is 15.2 Å². The summed E-state index contributed by atoms with van der Waals surface area (Å²) < 4.78 is 18.7. The van der Waals surface area contributed by atoms with Crippen molar-refractivity contribution in [2.75, 3.05) is 12.4 Å². The number of rotatable bonds is 3. The molecular formula is C16H15FN2O4. The van der Waals surface area contributed by atoms with Crippen LogP contribution in [0.25, 0.3) is 11.3 Å². The number of aromatic hydroxyl groups is 1. The van der Waals surface area contributed by atoms with E-state index in [-0.39, 0.29) is 16.9 Å². The molecule has 0 aliphatic rings. The molecule has 2 N–H and O–H groups in total. The second kappa shape index (κ2) is 6.43. The zero-order chi connectivity index (χ0) is 17.1. The third kappa shape index (κ3) is 3.45. The van der Waals surface area contributed by atoms with Gasteiger partial charge in [-0.1, -0.05) is 6.07 Å². The van der Waals surface area contributed by atoms with Crippen molar-refractivity contribution < 1.29 is 23.8 Å². The predicted octanol–water partition coefficient (Wildman–Crippen LogP) is 2.65. The molecule has 23 heavy (non-hydrogen) atoms. The van der Waals surface area contributed by atoms with Crippen LogP contribution >= 0.6 is 0 Å². The molecule has 2 rings (SSSR count). The lowest BCUT2D eigenvalue weighted by molar-refractivity contribution is -0.114. The third-order valence-corrected chi connectivity index (χ3v) is 3.08. The zero-order valence-electron chi connectivity index (χ0n) is 12.8. The van der Waals surface area contributed by atoms with Gasteiger partial charge >= 0.3 is 5.97 Å². The van der Waals surface area contributed by atoms with E-state index in [1.807, 2.05) is 0 Å². The molecule has 0 spiro atoms. The maximum absolute atomic E-state index is 14.1. The van der Waals surface area contributed by atoms with Crippen molar-refractivity contribution in [2.24, 2.45) is 0 Å². The van der Waals surface area contributed by atoms with Crippen molar-refractivity contribution in [1.82, 2.24) is 4.98 Å². The Balaban J connectivity index is 2.67. The molecule has 2 aromatic rings. The number of methoxy groups -OCH3 is 1. The van der Waals surface area contributed by atoms with Crippen molar-refractivity contribution in [2.45, 2.75) is 13.8 Å². The second-order valence-electron chi connectivity index (χ2n) is 4.91. The number of nitrogens with one attached hydrogen (secondary N) is 1. The van der Waals surface area contributed by atoms with Crippen LogP contribution in [0.5, 0.6) is 5.75 Å². The maximum atomic E-state index is 14.1. The van der Waals surface area contributed by atoms with Gasteiger partial charge in [-0.25, -0.2) is 14.2 Å². The molecule has 0 saturated heterocycles. The first kappa shape index (κ1) is 16.4. The molecule has 0 radical (unpaired) electrons. The number of nitrogens with zero attached hydrogens (tertiary/aromatic N) is 1. The lowest BCUT2D eigenvalue weighted by Gasteiger charge is -2.12. The molecule has 0 atom stereocenters. The van der Waals surface area contributed by atoms with Gasteiger partial charge in [-0.05, 0) is 30.7 Å². The van der Waals surface area contributed by atoms with E-state index >= 15 is 0 Å². The number of carbonyl (C=O) groups is 2. The monoisotopic (exact) mass is 318 g/mol. The Morgan fingerprint density at radius 2 is 2.00 bits per heavy atom.